The largest absolute Gasteiger partial charge is 0.380 e. The first-order valence-electron chi connectivity index (χ1n) is 5.77. The van der Waals surface area contributed by atoms with Gasteiger partial charge < -0.3 is 10.1 Å². The van der Waals surface area contributed by atoms with Crippen molar-refractivity contribution in [3.8, 4) is 0 Å². The summed E-state index contributed by atoms with van der Waals surface area (Å²) in [5.74, 6) is 0.722. The van der Waals surface area contributed by atoms with Crippen LogP contribution >= 0.6 is 0 Å². The minimum atomic E-state index is -3.20. The molecular weight excluding hydrogens is 228 g/mol. The summed E-state index contributed by atoms with van der Waals surface area (Å²) in [6.45, 7) is 3.74. The Bertz CT molecular complexity index is 288. The van der Waals surface area contributed by atoms with E-state index in [1.54, 1.807) is 14.0 Å². The highest BCUT2D eigenvalue weighted by molar-refractivity contribution is 7.90. The van der Waals surface area contributed by atoms with Crippen molar-refractivity contribution < 1.29 is 13.2 Å². The van der Waals surface area contributed by atoms with Gasteiger partial charge in [0.1, 0.15) is 0 Å². The molecule has 0 amide bonds. The molecule has 6 heteroatoms. The van der Waals surface area contributed by atoms with Gasteiger partial charge in [-0.1, -0.05) is 0 Å². The fourth-order valence-corrected chi connectivity index (χ4v) is 2.37. The summed E-state index contributed by atoms with van der Waals surface area (Å²) in [6, 6.07) is 0. The standard InChI is InChI=1S/C10H22N2O3S/c1-9(7-11-2)16(13,14)12-5-6-15-8-10-3-4-10/h9-12H,3-8H2,1-2H3. The van der Waals surface area contributed by atoms with Gasteiger partial charge in [-0.15, -0.1) is 0 Å². The smallest absolute Gasteiger partial charge is 0.215 e. The van der Waals surface area contributed by atoms with Crippen LogP contribution < -0.4 is 10.0 Å². The Balaban J connectivity index is 2.09. The zero-order valence-corrected chi connectivity index (χ0v) is 10.8. The van der Waals surface area contributed by atoms with Crippen LogP contribution in [0, 0.1) is 5.92 Å². The van der Waals surface area contributed by atoms with E-state index in [9.17, 15) is 8.42 Å². The second-order valence-electron chi connectivity index (χ2n) is 4.33. The number of sulfonamides is 1. The van der Waals surface area contributed by atoms with E-state index >= 15 is 0 Å². The summed E-state index contributed by atoms with van der Waals surface area (Å²) in [6.07, 6.45) is 2.51. The van der Waals surface area contributed by atoms with E-state index in [1.807, 2.05) is 0 Å². The maximum atomic E-state index is 11.6. The topological polar surface area (TPSA) is 67.4 Å². The van der Waals surface area contributed by atoms with E-state index in [0.717, 1.165) is 12.5 Å². The maximum Gasteiger partial charge on any atom is 0.215 e. The van der Waals surface area contributed by atoms with Crippen molar-refractivity contribution in [1.82, 2.24) is 10.0 Å². The van der Waals surface area contributed by atoms with Crippen LogP contribution in [0.1, 0.15) is 19.8 Å². The highest BCUT2D eigenvalue weighted by Crippen LogP contribution is 2.28. The lowest BCUT2D eigenvalue weighted by molar-refractivity contribution is 0.129. The number of ether oxygens (including phenoxy) is 1. The highest BCUT2D eigenvalue weighted by Gasteiger charge is 2.21. The molecule has 0 aromatic carbocycles. The first-order chi connectivity index (χ1) is 7.56. The average molecular weight is 250 g/mol. The normalized spacial score (nSPS) is 18.6. The molecule has 1 rings (SSSR count). The fraction of sp³-hybridized carbons (Fsp3) is 1.00. The number of hydrogen-bond acceptors (Lipinski definition) is 4. The number of rotatable bonds is 9. The van der Waals surface area contributed by atoms with Gasteiger partial charge in [-0.05, 0) is 32.7 Å². The molecule has 0 spiro atoms. The highest BCUT2D eigenvalue weighted by atomic mass is 32.2. The van der Waals surface area contributed by atoms with Gasteiger partial charge in [-0.3, -0.25) is 0 Å². The van der Waals surface area contributed by atoms with E-state index in [2.05, 4.69) is 10.0 Å². The van der Waals surface area contributed by atoms with Crippen LogP contribution in [-0.2, 0) is 14.8 Å². The lowest BCUT2D eigenvalue weighted by Gasteiger charge is -2.13. The number of hydrogen-bond donors (Lipinski definition) is 2. The molecule has 1 unspecified atom stereocenters. The molecule has 0 aromatic heterocycles. The molecule has 1 saturated carbocycles. The monoisotopic (exact) mass is 250 g/mol. The van der Waals surface area contributed by atoms with Gasteiger partial charge in [0, 0.05) is 19.7 Å². The molecule has 1 fully saturated rings. The summed E-state index contributed by atoms with van der Waals surface area (Å²) in [4.78, 5) is 0. The van der Waals surface area contributed by atoms with E-state index in [1.165, 1.54) is 12.8 Å². The van der Waals surface area contributed by atoms with Gasteiger partial charge in [0.2, 0.25) is 10.0 Å². The molecule has 16 heavy (non-hydrogen) atoms. The van der Waals surface area contributed by atoms with Crippen molar-refractivity contribution in [3.63, 3.8) is 0 Å². The molecule has 0 saturated heterocycles. The van der Waals surface area contributed by atoms with Crippen LogP contribution in [0.3, 0.4) is 0 Å². The van der Waals surface area contributed by atoms with Crippen LogP contribution in [0.2, 0.25) is 0 Å². The molecule has 5 nitrogen and oxygen atoms in total. The summed E-state index contributed by atoms with van der Waals surface area (Å²) in [5.41, 5.74) is 0. The van der Waals surface area contributed by atoms with Crippen molar-refractivity contribution in [2.75, 3.05) is 33.4 Å². The Morgan fingerprint density at radius 2 is 2.12 bits per heavy atom. The van der Waals surface area contributed by atoms with Crippen LogP contribution in [0.5, 0.6) is 0 Å². The quantitative estimate of drug-likeness (QED) is 0.563. The van der Waals surface area contributed by atoms with E-state index in [0.29, 0.717) is 19.7 Å². The van der Waals surface area contributed by atoms with Crippen molar-refractivity contribution in [3.05, 3.63) is 0 Å². The van der Waals surface area contributed by atoms with Crippen molar-refractivity contribution >= 4 is 10.0 Å². The molecule has 0 aliphatic heterocycles. The van der Waals surface area contributed by atoms with Gasteiger partial charge in [-0.2, -0.15) is 0 Å². The second kappa shape index (κ2) is 6.54. The Morgan fingerprint density at radius 3 is 2.69 bits per heavy atom. The summed E-state index contributed by atoms with van der Waals surface area (Å²) in [5, 5.41) is 2.43. The van der Waals surface area contributed by atoms with Gasteiger partial charge in [0.15, 0.2) is 0 Å². The molecular formula is C10H22N2O3S. The Hall–Kier alpha value is -0.170. The van der Waals surface area contributed by atoms with Gasteiger partial charge in [-0.25, -0.2) is 13.1 Å². The van der Waals surface area contributed by atoms with Crippen LogP contribution in [0.15, 0.2) is 0 Å². The molecule has 1 aliphatic carbocycles. The molecule has 2 N–H and O–H groups in total. The van der Waals surface area contributed by atoms with E-state index in [-0.39, 0.29) is 0 Å². The predicted molar refractivity (Wildman–Crippen MR) is 63.9 cm³/mol. The Labute approximate surface area is 98.0 Å². The first-order valence-corrected chi connectivity index (χ1v) is 7.31. The molecule has 1 aliphatic rings. The summed E-state index contributed by atoms with van der Waals surface area (Å²) in [7, 11) is -1.46. The molecule has 0 aromatic rings. The van der Waals surface area contributed by atoms with Crippen LogP contribution in [0.25, 0.3) is 0 Å². The Kier molecular flexibility index (Phi) is 5.68. The maximum absolute atomic E-state index is 11.6. The van der Waals surface area contributed by atoms with Crippen molar-refractivity contribution in [2.45, 2.75) is 25.0 Å². The Morgan fingerprint density at radius 1 is 1.44 bits per heavy atom. The van der Waals surface area contributed by atoms with E-state index < -0.39 is 15.3 Å². The third-order valence-corrected chi connectivity index (χ3v) is 4.45. The van der Waals surface area contributed by atoms with Gasteiger partial charge >= 0.3 is 0 Å². The molecule has 0 bridgehead atoms. The zero-order chi connectivity index (χ0) is 12.0. The van der Waals surface area contributed by atoms with Crippen LogP contribution in [-0.4, -0.2) is 47.0 Å². The van der Waals surface area contributed by atoms with Gasteiger partial charge in [0.25, 0.3) is 0 Å². The minimum absolute atomic E-state index is 0.364. The van der Waals surface area contributed by atoms with E-state index in [4.69, 9.17) is 4.74 Å². The number of nitrogens with one attached hydrogen (secondary N) is 2. The predicted octanol–water partition coefficient (Wildman–Crippen LogP) is -0.0597. The third-order valence-electron chi connectivity index (χ3n) is 2.62. The SMILES string of the molecule is CNCC(C)S(=O)(=O)NCCOCC1CC1. The zero-order valence-electron chi connectivity index (χ0n) is 10.0. The second-order valence-corrected chi connectivity index (χ2v) is 6.51. The third kappa shape index (κ3) is 5.25. The molecule has 1 atom stereocenters. The molecule has 0 radical (unpaired) electrons. The van der Waals surface area contributed by atoms with Crippen LogP contribution in [0.4, 0.5) is 0 Å². The van der Waals surface area contributed by atoms with Crippen molar-refractivity contribution in [2.24, 2.45) is 5.92 Å². The lowest BCUT2D eigenvalue weighted by Crippen LogP contribution is -2.39. The summed E-state index contributed by atoms with van der Waals surface area (Å²) < 4.78 is 31.1. The first kappa shape index (κ1) is 13.9. The molecule has 96 valence electrons. The summed E-state index contributed by atoms with van der Waals surface area (Å²) >= 11 is 0. The fourth-order valence-electron chi connectivity index (χ4n) is 1.33. The average Bonchev–Trinajstić information content (AvgIpc) is 3.01. The van der Waals surface area contributed by atoms with Gasteiger partial charge in [0.05, 0.1) is 11.9 Å². The van der Waals surface area contributed by atoms with Crippen molar-refractivity contribution in [1.29, 1.82) is 0 Å². The minimum Gasteiger partial charge on any atom is -0.380 e. The molecule has 0 heterocycles. The lowest BCUT2D eigenvalue weighted by atomic mass is 10.5.